The summed E-state index contributed by atoms with van der Waals surface area (Å²) in [5.41, 5.74) is 5.07. The normalized spacial score (nSPS) is 23.9. The highest BCUT2D eigenvalue weighted by Crippen LogP contribution is 2.43. The Bertz CT molecular complexity index is 869. The number of nitrogens with one attached hydrogen (secondary N) is 2. The molecule has 1 aliphatic carbocycles. The maximum Gasteiger partial charge on any atom is 0.228 e. The van der Waals surface area contributed by atoms with E-state index in [1.807, 2.05) is 0 Å². The van der Waals surface area contributed by atoms with Crippen LogP contribution < -0.4 is 5.32 Å². The number of aromatic amines is 1. The molecule has 2 aliphatic rings. The molecule has 2 aromatic rings. The Kier molecular flexibility index (Phi) is 4.24. The number of H-pyrrole nitrogens is 1. The molecule has 2 heterocycles. The topological polar surface area (TPSA) is 48.1 Å². The Morgan fingerprint density at radius 2 is 2.28 bits per heavy atom. The molecule has 2 unspecified atom stereocenters. The summed E-state index contributed by atoms with van der Waals surface area (Å²) in [5.74, 6) is 0.0461. The van der Waals surface area contributed by atoms with Crippen LogP contribution in [-0.2, 0) is 11.2 Å². The van der Waals surface area contributed by atoms with Crippen LogP contribution in [0, 0.1) is 5.92 Å². The quantitative estimate of drug-likeness (QED) is 0.822. The van der Waals surface area contributed by atoms with E-state index in [2.05, 4.69) is 76.3 Å². The van der Waals surface area contributed by atoms with E-state index in [0.29, 0.717) is 6.04 Å². The molecule has 0 saturated carbocycles. The van der Waals surface area contributed by atoms with Crippen molar-refractivity contribution in [3.05, 3.63) is 40.0 Å². The number of carbonyl (C=O) groups excluding carboxylic acids is 1. The molecule has 25 heavy (non-hydrogen) atoms. The number of benzene rings is 1. The number of halogens is 1. The summed E-state index contributed by atoms with van der Waals surface area (Å²) in [6, 6.07) is 6.95. The maximum atomic E-state index is 12.7. The molecule has 0 bridgehead atoms. The van der Waals surface area contributed by atoms with E-state index in [4.69, 9.17) is 0 Å². The number of rotatable bonds is 3. The largest absolute Gasteiger partial charge is 0.353 e. The van der Waals surface area contributed by atoms with E-state index in [1.54, 1.807) is 0 Å². The lowest BCUT2D eigenvalue weighted by Crippen LogP contribution is -2.47. The van der Waals surface area contributed by atoms with Crippen LogP contribution in [0.25, 0.3) is 16.5 Å². The predicted molar refractivity (Wildman–Crippen MR) is 105 cm³/mol. The van der Waals surface area contributed by atoms with Crippen molar-refractivity contribution in [2.24, 2.45) is 5.92 Å². The van der Waals surface area contributed by atoms with Crippen molar-refractivity contribution in [1.29, 1.82) is 0 Å². The number of hydrogen-bond acceptors (Lipinski definition) is 2. The number of amides is 1. The molecule has 1 aliphatic heterocycles. The molecule has 4 rings (SSSR count). The Morgan fingerprint density at radius 3 is 3.04 bits per heavy atom. The van der Waals surface area contributed by atoms with E-state index in [0.717, 1.165) is 29.5 Å². The second kappa shape index (κ2) is 6.29. The van der Waals surface area contributed by atoms with Crippen LogP contribution in [0.1, 0.15) is 31.4 Å². The second-order valence-electron chi connectivity index (χ2n) is 7.35. The molecule has 0 fully saturated rings. The average Bonchev–Trinajstić information content (AvgIpc) is 2.92. The molecule has 1 aromatic carbocycles. The van der Waals surface area contributed by atoms with Crippen LogP contribution in [0.2, 0.25) is 0 Å². The van der Waals surface area contributed by atoms with Crippen LogP contribution in [0.3, 0.4) is 0 Å². The van der Waals surface area contributed by atoms with Gasteiger partial charge >= 0.3 is 0 Å². The van der Waals surface area contributed by atoms with Gasteiger partial charge in [0.2, 0.25) is 5.91 Å². The van der Waals surface area contributed by atoms with Crippen LogP contribution >= 0.6 is 15.9 Å². The summed E-state index contributed by atoms with van der Waals surface area (Å²) in [7, 11) is 2.13. The van der Waals surface area contributed by atoms with Crippen LogP contribution in [0.4, 0.5) is 0 Å². The van der Waals surface area contributed by atoms with Crippen molar-refractivity contribution < 1.29 is 4.79 Å². The van der Waals surface area contributed by atoms with E-state index in [9.17, 15) is 4.79 Å². The third-order valence-electron chi connectivity index (χ3n) is 5.68. The van der Waals surface area contributed by atoms with Gasteiger partial charge in [-0.05, 0) is 65.5 Å². The fraction of sp³-hybridized carbons (Fsp3) is 0.450. The van der Waals surface area contributed by atoms with Crippen molar-refractivity contribution in [3.63, 3.8) is 0 Å². The molecular weight excluding hydrogens is 378 g/mol. The highest BCUT2D eigenvalue weighted by molar-refractivity contribution is 9.10. The van der Waals surface area contributed by atoms with Crippen molar-refractivity contribution in [2.75, 3.05) is 13.6 Å². The summed E-state index contributed by atoms with van der Waals surface area (Å²) in [6.07, 6.45) is 4.13. The van der Waals surface area contributed by atoms with Gasteiger partial charge in [0.1, 0.15) is 0 Å². The summed E-state index contributed by atoms with van der Waals surface area (Å²) in [5, 5.41) is 4.44. The molecular formula is C20H24BrN3O. The summed E-state index contributed by atoms with van der Waals surface area (Å²) >= 11 is 3.69. The molecule has 1 aromatic heterocycles. The number of likely N-dealkylation sites (N-methyl/N-ethyl adjacent to an activating group) is 1. The molecule has 0 spiro atoms. The fourth-order valence-corrected chi connectivity index (χ4v) is 4.69. The zero-order valence-corrected chi connectivity index (χ0v) is 16.5. The van der Waals surface area contributed by atoms with Gasteiger partial charge in [0, 0.05) is 29.5 Å². The fourth-order valence-electron chi connectivity index (χ4n) is 4.11. The van der Waals surface area contributed by atoms with Gasteiger partial charge in [-0.25, -0.2) is 0 Å². The summed E-state index contributed by atoms with van der Waals surface area (Å²) < 4.78 is 1.08. The molecule has 2 N–H and O–H groups in total. The third-order valence-corrected chi connectivity index (χ3v) is 6.36. The lowest BCUT2D eigenvalue weighted by atomic mass is 9.79. The number of nitrogens with zero attached hydrogens (tertiary/aromatic N) is 1. The molecule has 0 saturated heterocycles. The van der Waals surface area contributed by atoms with Gasteiger partial charge in [0.05, 0.1) is 10.5 Å². The number of carbonyl (C=O) groups is 1. The smallest absolute Gasteiger partial charge is 0.228 e. The van der Waals surface area contributed by atoms with E-state index < -0.39 is 0 Å². The van der Waals surface area contributed by atoms with E-state index >= 15 is 0 Å². The number of hydrogen-bond donors (Lipinski definition) is 2. The molecule has 4 nitrogen and oxygen atoms in total. The monoisotopic (exact) mass is 401 g/mol. The highest BCUT2D eigenvalue weighted by atomic mass is 79.9. The van der Waals surface area contributed by atoms with Gasteiger partial charge in [0.15, 0.2) is 0 Å². The molecule has 3 atom stereocenters. The minimum absolute atomic E-state index is 0.0931. The van der Waals surface area contributed by atoms with Gasteiger partial charge in [0.25, 0.3) is 0 Å². The van der Waals surface area contributed by atoms with Crippen LogP contribution in [0.5, 0.6) is 0 Å². The lowest BCUT2D eigenvalue weighted by molar-refractivity contribution is -0.124. The average molecular weight is 402 g/mol. The predicted octanol–water partition coefficient (Wildman–Crippen LogP) is 3.71. The van der Waals surface area contributed by atoms with Crippen LogP contribution in [0.15, 0.2) is 28.9 Å². The first-order valence-corrected chi connectivity index (χ1v) is 9.80. The highest BCUT2D eigenvalue weighted by Gasteiger charge is 2.36. The molecule has 1 amide bonds. The first-order valence-electron chi connectivity index (χ1n) is 9.01. The van der Waals surface area contributed by atoms with E-state index in [-0.39, 0.29) is 17.9 Å². The third kappa shape index (κ3) is 2.74. The molecule has 5 heteroatoms. The van der Waals surface area contributed by atoms with Crippen molar-refractivity contribution in [1.82, 2.24) is 15.2 Å². The van der Waals surface area contributed by atoms with Gasteiger partial charge in [-0.1, -0.05) is 25.1 Å². The molecule has 132 valence electrons. The Hall–Kier alpha value is -1.59. The second-order valence-corrected chi connectivity index (χ2v) is 8.14. The minimum Gasteiger partial charge on any atom is -0.353 e. The Morgan fingerprint density at radius 1 is 1.48 bits per heavy atom. The lowest BCUT2D eigenvalue weighted by Gasteiger charge is -2.39. The van der Waals surface area contributed by atoms with Crippen LogP contribution in [-0.4, -0.2) is 41.5 Å². The first-order chi connectivity index (χ1) is 12.0. The van der Waals surface area contributed by atoms with Crippen molar-refractivity contribution >= 4 is 38.3 Å². The Labute approximate surface area is 156 Å². The van der Waals surface area contributed by atoms with Gasteiger partial charge in [-0.2, -0.15) is 0 Å². The number of aromatic nitrogens is 1. The first kappa shape index (κ1) is 16.9. The van der Waals surface area contributed by atoms with Gasteiger partial charge in [-0.3, -0.25) is 9.69 Å². The van der Waals surface area contributed by atoms with E-state index in [1.165, 1.54) is 22.1 Å². The zero-order chi connectivity index (χ0) is 17.7. The SMILES string of the molecule is CCC(C)NC(=O)[C@@H]1C=C2c3cccc4[nH]c(Br)c(c34)CC2N(C)C1. The zero-order valence-electron chi connectivity index (χ0n) is 14.9. The Balaban J connectivity index is 1.78. The minimum atomic E-state index is -0.0931. The van der Waals surface area contributed by atoms with Gasteiger partial charge < -0.3 is 10.3 Å². The summed E-state index contributed by atoms with van der Waals surface area (Å²) in [6.45, 7) is 4.93. The standard InChI is InChI=1S/C20H24BrN3O/c1-4-11(2)22-20(25)12-8-14-13-6-5-7-16-18(13)15(19(21)23-16)9-17(14)24(3)10-12/h5-8,11-12,17,23H,4,9-10H2,1-3H3,(H,22,25)/t11?,12-,17?/m1/s1. The van der Waals surface area contributed by atoms with Gasteiger partial charge in [-0.15, -0.1) is 0 Å². The number of fused-ring (bicyclic) bond motifs is 2. The summed E-state index contributed by atoms with van der Waals surface area (Å²) in [4.78, 5) is 18.5. The maximum absolute atomic E-state index is 12.7. The van der Waals surface area contributed by atoms with Crippen molar-refractivity contribution in [3.8, 4) is 0 Å². The molecule has 0 radical (unpaired) electrons. The van der Waals surface area contributed by atoms with Crippen molar-refractivity contribution in [2.45, 2.75) is 38.8 Å².